The van der Waals surface area contributed by atoms with E-state index in [0.29, 0.717) is 11.3 Å². The highest BCUT2D eigenvalue weighted by atomic mass is 31.2. The average Bonchev–Trinajstić information content (AvgIpc) is 2.65. The van der Waals surface area contributed by atoms with Gasteiger partial charge in [-0.1, -0.05) is 50.7 Å². The molecule has 0 atom stereocenters. The molecule has 132 valence electrons. The van der Waals surface area contributed by atoms with Crippen molar-refractivity contribution in [2.45, 2.75) is 75.5 Å². The highest BCUT2D eigenvalue weighted by molar-refractivity contribution is 7.82. The fourth-order valence-corrected chi connectivity index (χ4v) is 9.74. The van der Waals surface area contributed by atoms with Gasteiger partial charge in [-0.25, -0.2) is 4.79 Å². The number of nitrogens with zero attached hydrogens (tertiary/aromatic N) is 1. The fourth-order valence-electron chi connectivity index (χ4n) is 4.90. The third-order valence-corrected chi connectivity index (χ3v) is 11.0. The standard InChI is InChI=1S/C21H32NOP/c1-22(2)18-13-15-21(16-14-18)24(17-23,19-9-5-3-6-10-19)20-11-7-4-8-12-20/h13-16,19-20H,3-12H2,1-2H3. The lowest BCUT2D eigenvalue weighted by atomic mass is 9.99. The molecular weight excluding hydrogens is 313 g/mol. The SMILES string of the molecule is CN(C)c1ccc(P(=C=O)(C2CCCCC2)C2CCCCC2)cc1. The first-order valence-corrected chi connectivity index (χ1v) is 11.7. The van der Waals surface area contributed by atoms with Crippen LogP contribution in [0.3, 0.4) is 0 Å². The third-order valence-electron chi connectivity index (χ3n) is 6.25. The summed E-state index contributed by atoms with van der Waals surface area (Å²) in [6, 6.07) is 8.93. The normalized spacial score (nSPS) is 20.6. The number of hydrogen-bond acceptors (Lipinski definition) is 2. The van der Waals surface area contributed by atoms with Crippen molar-refractivity contribution in [3.8, 4) is 0 Å². The van der Waals surface area contributed by atoms with Crippen LogP contribution in [0.25, 0.3) is 0 Å². The Morgan fingerprint density at radius 2 is 1.29 bits per heavy atom. The molecule has 2 aliphatic rings. The molecule has 0 N–H and O–H groups in total. The van der Waals surface area contributed by atoms with Crippen LogP contribution >= 0.6 is 6.89 Å². The molecule has 0 amide bonds. The molecule has 0 spiro atoms. The molecule has 0 heterocycles. The van der Waals surface area contributed by atoms with Crippen LogP contribution in [0.2, 0.25) is 0 Å². The molecular formula is C21H32NOP. The molecule has 0 unspecified atom stereocenters. The van der Waals surface area contributed by atoms with E-state index in [0.717, 1.165) is 0 Å². The minimum absolute atomic E-state index is 0.594. The van der Waals surface area contributed by atoms with Gasteiger partial charge in [0.05, 0.1) is 0 Å². The molecule has 2 fully saturated rings. The monoisotopic (exact) mass is 345 g/mol. The summed E-state index contributed by atoms with van der Waals surface area (Å²) in [7, 11) is 4.15. The zero-order valence-electron chi connectivity index (χ0n) is 15.3. The molecule has 2 nitrogen and oxygen atoms in total. The molecule has 24 heavy (non-hydrogen) atoms. The predicted octanol–water partition coefficient (Wildman–Crippen LogP) is 5.13. The lowest BCUT2D eigenvalue weighted by molar-refractivity contribution is 0.484. The molecule has 1 aromatic rings. The van der Waals surface area contributed by atoms with Crippen LogP contribution in [0.4, 0.5) is 5.69 Å². The van der Waals surface area contributed by atoms with Crippen LogP contribution in [0.1, 0.15) is 64.2 Å². The van der Waals surface area contributed by atoms with E-state index in [-0.39, 0.29) is 0 Å². The van der Waals surface area contributed by atoms with Crippen molar-refractivity contribution in [1.82, 2.24) is 0 Å². The first-order chi connectivity index (χ1) is 11.7. The van der Waals surface area contributed by atoms with Crippen LogP contribution in [-0.4, -0.2) is 31.1 Å². The summed E-state index contributed by atoms with van der Waals surface area (Å²) in [5, 5.41) is 1.34. The molecule has 3 heteroatoms. The Bertz CT molecular complexity index is 581. The molecule has 0 aromatic heterocycles. The van der Waals surface area contributed by atoms with Gasteiger partial charge in [0.25, 0.3) is 0 Å². The summed E-state index contributed by atoms with van der Waals surface area (Å²) in [5.74, 6) is 0. The van der Waals surface area contributed by atoms with Gasteiger partial charge < -0.3 is 4.90 Å². The second kappa shape index (κ2) is 7.94. The summed E-state index contributed by atoms with van der Waals surface area (Å²) in [4.78, 5) is 14.7. The number of hydrogen-bond donors (Lipinski definition) is 0. The maximum atomic E-state index is 12.6. The highest BCUT2D eigenvalue weighted by Crippen LogP contribution is 2.61. The number of rotatable bonds is 4. The minimum Gasteiger partial charge on any atom is -0.378 e. The molecule has 0 saturated heterocycles. The van der Waals surface area contributed by atoms with Gasteiger partial charge in [-0.05, 0) is 54.4 Å². The largest absolute Gasteiger partial charge is 0.378 e. The van der Waals surface area contributed by atoms with E-state index in [9.17, 15) is 4.79 Å². The quantitative estimate of drug-likeness (QED) is 0.705. The first kappa shape index (κ1) is 17.8. The van der Waals surface area contributed by atoms with Gasteiger partial charge in [-0.15, -0.1) is 0 Å². The Labute approximate surface area is 147 Å². The summed E-state index contributed by atoms with van der Waals surface area (Å²) in [5.41, 5.74) is 5.17. The zero-order valence-corrected chi connectivity index (χ0v) is 16.2. The Balaban J connectivity index is 2.04. The Hall–Kier alpha value is -0.970. The van der Waals surface area contributed by atoms with Gasteiger partial charge in [0.15, 0.2) is 0 Å². The van der Waals surface area contributed by atoms with Gasteiger partial charge in [0.2, 0.25) is 0 Å². The molecule has 0 bridgehead atoms. The molecule has 2 aliphatic carbocycles. The van der Waals surface area contributed by atoms with Crippen LogP contribution in [0, 0.1) is 0 Å². The maximum Gasteiger partial charge on any atom is 0.119 e. The predicted molar refractivity (Wildman–Crippen MR) is 107 cm³/mol. The second-order valence-electron chi connectivity index (χ2n) is 7.86. The van der Waals surface area contributed by atoms with Crippen LogP contribution in [0.5, 0.6) is 0 Å². The van der Waals surface area contributed by atoms with Crippen molar-refractivity contribution in [2.24, 2.45) is 0 Å². The summed E-state index contributed by atoms with van der Waals surface area (Å²) in [6.07, 6.45) is 12.9. The van der Waals surface area contributed by atoms with Gasteiger partial charge >= 0.3 is 0 Å². The molecule has 3 rings (SSSR count). The smallest absolute Gasteiger partial charge is 0.119 e. The van der Waals surface area contributed by atoms with Crippen molar-refractivity contribution in [3.05, 3.63) is 24.3 Å². The topological polar surface area (TPSA) is 20.3 Å². The van der Waals surface area contributed by atoms with E-state index in [1.807, 2.05) is 0 Å². The lowest BCUT2D eigenvalue weighted by Crippen LogP contribution is -2.30. The molecule has 0 radical (unpaired) electrons. The summed E-state index contributed by atoms with van der Waals surface area (Å²) in [6.45, 7) is -1.85. The van der Waals surface area contributed by atoms with Gasteiger partial charge in [0, 0.05) is 26.7 Å². The highest BCUT2D eigenvalue weighted by Gasteiger charge is 2.39. The van der Waals surface area contributed by atoms with Gasteiger partial charge in [-0.2, -0.15) is 0 Å². The fraction of sp³-hybridized carbons (Fsp3) is 0.667. The average molecular weight is 345 g/mol. The van der Waals surface area contributed by atoms with Crippen molar-refractivity contribution in [3.63, 3.8) is 0 Å². The van der Waals surface area contributed by atoms with E-state index in [1.54, 1.807) is 0 Å². The first-order valence-electron chi connectivity index (χ1n) is 9.74. The summed E-state index contributed by atoms with van der Waals surface area (Å²) < 4.78 is 0. The zero-order chi connectivity index (χ0) is 17.0. The Morgan fingerprint density at radius 3 is 1.67 bits per heavy atom. The Morgan fingerprint density at radius 1 is 0.833 bits per heavy atom. The van der Waals surface area contributed by atoms with Crippen molar-refractivity contribution >= 4 is 23.5 Å². The number of carbonyl (C=O) groups excluding carboxylic acids is 1. The van der Waals surface area contributed by atoms with E-state index in [1.165, 1.54) is 75.2 Å². The van der Waals surface area contributed by atoms with Gasteiger partial charge in [-0.3, -0.25) is 0 Å². The molecule has 1 aromatic carbocycles. The van der Waals surface area contributed by atoms with Crippen LogP contribution in [-0.2, 0) is 4.79 Å². The van der Waals surface area contributed by atoms with Gasteiger partial charge in [0.1, 0.15) is 5.66 Å². The Kier molecular flexibility index (Phi) is 5.90. The van der Waals surface area contributed by atoms with Crippen molar-refractivity contribution in [1.29, 1.82) is 0 Å². The lowest BCUT2D eigenvalue weighted by Gasteiger charge is -2.41. The van der Waals surface area contributed by atoms with Crippen molar-refractivity contribution in [2.75, 3.05) is 19.0 Å². The molecule has 0 aliphatic heterocycles. The van der Waals surface area contributed by atoms with E-state index >= 15 is 0 Å². The van der Waals surface area contributed by atoms with Crippen LogP contribution in [0.15, 0.2) is 24.3 Å². The maximum absolute atomic E-state index is 12.6. The summed E-state index contributed by atoms with van der Waals surface area (Å²) >= 11 is 0. The van der Waals surface area contributed by atoms with E-state index in [2.05, 4.69) is 48.9 Å². The van der Waals surface area contributed by atoms with E-state index in [4.69, 9.17) is 0 Å². The van der Waals surface area contributed by atoms with Crippen molar-refractivity contribution < 1.29 is 4.79 Å². The van der Waals surface area contributed by atoms with E-state index < -0.39 is 6.89 Å². The second-order valence-corrected chi connectivity index (χ2v) is 11.6. The molecule has 2 saturated carbocycles. The van der Waals surface area contributed by atoms with Crippen LogP contribution < -0.4 is 10.2 Å². The number of benzene rings is 1. The minimum atomic E-state index is -1.85. The number of anilines is 1. The third kappa shape index (κ3) is 3.37.